The van der Waals surface area contributed by atoms with Crippen LogP contribution in [-0.4, -0.2) is 34.0 Å². The Morgan fingerprint density at radius 2 is 2.18 bits per heavy atom. The van der Waals surface area contributed by atoms with Crippen LogP contribution in [0.15, 0.2) is 28.9 Å². The van der Waals surface area contributed by atoms with E-state index in [0.29, 0.717) is 4.47 Å². The van der Waals surface area contributed by atoms with Crippen molar-refractivity contribution in [2.24, 2.45) is 0 Å². The van der Waals surface area contributed by atoms with Gasteiger partial charge in [-0.15, -0.1) is 5.10 Å². The third-order valence-corrected chi connectivity index (χ3v) is 4.10. The van der Waals surface area contributed by atoms with Gasteiger partial charge in [0.25, 0.3) is 5.91 Å². The first-order valence-electron chi connectivity index (χ1n) is 7.02. The minimum absolute atomic E-state index is 0.115. The molecule has 2 N–H and O–H groups in total. The molecule has 0 aliphatic carbocycles. The van der Waals surface area contributed by atoms with Crippen molar-refractivity contribution in [3.8, 4) is 0 Å². The Hall–Kier alpha value is -1.80. The van der Waals surface area contributed by atoms with Gasteiger partial charge in [-0.1, -0.05) is 21.1 Å². The predicted octanol–water partition coefficient (Wildman–Crippen LogP) is 2.36. The van der Waals surface area contributed by atoms with Crippen LogP contribution in [0, 0.1) is 5.82 Å². The zero-order chi connectivity index (χ0) is 15.5. The summed E-state index contributed by atoms with van der Waals surface area (Å²) in [6.45, 7) is 1.85. The summed E-state index contributed by atoms with van der Waals surface area (Å²) >= 11 is 3.17. The molecule has 6 nitrogen and oxygen atoms in total. The number of anilines is 1. The molecule has 1 fully saturated rings. The van der Waals surface area contributed by atoms with E-state index in [1.165, 1.54) is 12.1 Å². The minimum Gasteiger partial charge on any atom is -0.318 e. The number of nitrogens with zero attached hydrogens (tertiary/aromatic N) is 3. The van der Waals surface area contributed by atoms with E-state index in [1.54, 1.807) is 16.9 Å². The van der Waals surface area contributed by atoms with Crippen LogP contribution in [0.5, 0.6) is 0 Å². The lowest BCUT2D eigenvalue weighted by atomic mass is 10.1. The van der Waals surface area contributed by atoms with Gasteiger partial charge in [0.05, 0.1) is 17.9 Å². The van der Waals surface area contributed by atoms with Crippen molar-refractivity contribution in [1.29, 1.82) is 0 Å². The van der Waals surface area contributed by atoms with E-state index in [4.69, 9.17) is 0 Å². The highest BCUT2D eigenvalue weighted by molar-refractivity contribution is 9.10. The Balaban J connectivity index is 1.71. The standard InChI is InChI=1S/C14H15BrFN5O/c15-9-1-2-12(11(16)7-9)18-14(22)13-8-21(20-19-13)10-3-5-17-6-4-10/h1-2,7-8,10,17H,3-6H2,(H,18,22). The molecule has 1 aromatic heterocycles. The number of carbonyl (C=O) groups is 1. The van der Waals surface area contributed by atoms with Crippen molar-refractivity contribution in [1.82, 2.24) is 20.3 Å². The van der Waals surface area contributed by atoms with Crippen molar-refractivity contribution < 1.29 is 9.18 Å². The molecule has 116 valence electrons. The summed E-state index contributed by atoms with van der Waals surface area (Å²) in [7, 11) is 0. The quantitative estimate of drug-likeness (QED) is 0.873. The molecule has 2 heterocycles. The van der Waals surface area contributed by atoms with Crippen molar-refractivity contribution in [2.75, 3.05) is 18.4 Å². The van der Waals surface area contributed by atoms with Gasteiger partial charge in [0.1, 0.15) is 5.82 Å². The number of hydrogen-bond donors (Lipinski definition) is 2. The van der Waals surface area contributed by atoms with Crippen LogP contribution in [0.1, 0.15) is 29.4 Å². The molecule has 0 atom stereocenters. The number of aromatic nitrogens is 3. The van der Waals surface area contributed by atoms with Crippen LogP contribution >= 0.6 is 15.9 Å². The zero-order valence-corrected chi connectivity index (χ0v) is 13.3. The normalized spacial score (nSPS) is 15.7. The van der Waals surface area contributed by atoms with Crippen LogP contribution in [0.4, 0.5) is 10.1 Å². The molecule has 0 bridgehead atoms. The van der Waals surface area contributed by atoms with Crippen molar-refractivity contribution in [3.05, 3.63) is 40.4 Å². The monoisotopic (exact) mass is 367 g/mol. The maximum atomic E-state index is 13.7. The molecule has 0 unspecified atom stereocenters. The number of piperidine rings is 1. The van der Waals surface area contributed by atoms with Crippen LogP contribution in [0.25, 0.3) is 0 Å². The molecular formula is C14H15BrFN5O. The van der Waals surface area contributed by atoms with E-state index >= 15 is 0 Å². The molecule has 1 amide bonds. The minimum atomic E-state index is -0.506. The summed E-state index contributed by atoms with van der Waals surface area (Å²) < 4.78 is 16.1. The molecule has 22 heavy (non-hydrogen) atoms. The maximum absolute atomic E-state index is 13.7. The highest BCUT2D eigenvalue weighted by atomic mass is 79.9. The van der Waals surface area contributed by atoms with Gasteiger partial charge in [0, 0.05) is 4.47 Å². The second kappa shape index (κ2) is 6.53. The van der Waals surface area contributed by atoms with Gasteiger partial charge in [-0.2, -0.15) is 0 Å². The molecular weight excluding hydrogens is 353 g/mol. The summed E-state index contributed by atoms with van der Waals surface area (Å²) in [4.78, 5) is 12.1. The lowest BCUT2D eigenvalue weighted by molar-refractivity contribution is 0.102. The first kappa shape index (κ1) is 15.1. The number of carbonyl (C=O) groups excluding carboxylic acids is 1. The molecule has 8 heteroatoms. The van der Waals surface area contributed by atoms with Crippen LogP contribution in [0.3, 0.4) is 0 Å². The Labute approximate surface area is 135 Å². The van der Waals surface area contributed by atoms with Crippen LogP contribution in [0.2, 0.25) is 0 Å². The van der Waals surface area contributed by atoms with Gasteiger partial charge in [0.2, 0.25) is 0 Å². The lowest BCUT2D eigenvalue weighted by Crippen LogP contribution is -2.29. The molecule has 1 aliphatic rings. The average molecular weight is 368 g/mol. The number of hydrogen-bond acceptors (Lipinski definition) is 4. The molecule has 0 spiro atoms. The third kappa shape index (κ3) is 3.33. The van der Waals surface area contributed by atoms with Crippen molar-refractivity contribution in [3.63, 3.8) is 0 Å². The highest BCUT2D eigenvalue weighted by Crippen LogP contribution is 2.20. The molecule has 1 aliphatic heterocycles. The predicted molar refractivity (Wildman–Crippen MR) is 83.2 cm³/mol. The topological polar surface area (TPSA) is 71.8 Å². The van der Waals surface area contributed by atoms with E-state index in [0.717, 1.165) is 25.9 Å². The Morgan fingerprint density at radius 1 is 1.41 bits per heavy atom. The van der Waals surface area contributed by atoms with E-state index in [-0.39, 0.29) is 17.4 Å². The largest absolute Gasteiger partial charge is 0.318 e. The Morgan fingerprint density at radius 3 is 2.91 bits per heavy atom. The molecule has 3 rings (SSSR count). The van der Waals surface area contributed by atoms with E-state index in [1.807, 2.05) is 0 Å². The first-order valence-corrected chi connectivity index (χ1v) is 7.82. The smallest absolute Gasteiger partial charge is 0.277 e. The summed E-state index contributed by atoms with van der Waals surface area (Å²) in [5.41, 5.74) is 0.297. The van der Waals surface area contributed by atoms with E-state index in [9.17, 15) is 9.18 Å². The number of nitrogens with one attached hydrogen (secondary N) is 2. The number of rotatable bonds is 3. The fourth-order valence-corrected chi connectivity index (χ4v) is 2.74. The van der Waals surface area contributed by atoms with Gasteiger partial charge in [-0.3, -0.25) is 4.79 Å². The van der Waals surface area contributed by atoms with Gasteiger partial charge in [-0.05, 0) is 44.1 Å². The second-order valence-electron chi connectivity index (χ2n) is 5.14. The zero-order valence-electron chi connectivity index (χ0n) is 11.7. The lowest BCUT2D eigenvalue weighted by Gasteiger charge is -2.22. The molecule has 1 aromatic carbocycles. The highest BCUT2D eigenvalue weighted by Gasteiger charge is 2.19. The van der Waals surface area contributed by atoms with Gasteiger partial charge < -0.3 is 10.6 Å². The van der Waals surface area contributed by atoms with Gasteiger partial charge in [-0.25, -0.2) is 9.07 Å². The van der Waals surface area contributed by atoms with E-state index in [2.05, 4.69) is 36.9 Å². The van der Waals surface area contributed by atoms with Crippen LogP contribution in [-0.2, 0) is 0 Å². The number of halogens is 2. The van der Waals surface area contributed by atoms with Crippen molar-refractivity contribution >= 4 is 27.5 Å². The van der Waals surface area contributed by atoms with Crippen molar-refractivity contribution in [2.45, 2.75) is 18.9 Å². The molecule has 0 saturated carbocycles. The van der Waals surface area contributed by atoms with Gasteiger partial charge in [0.15, 0.2) is 5.69 Å². The Bertz CT molecular complexity index is 684. The van der Waals surface area contributed by atoms with Crippen LogP contribution < -0.4 is 10.6 Å². The summed E-state index contributed by atoms with van der Waals surface area (Å²) in [6, 6.07) is 4.69. The third-order valence-electron chi connectivity index (χ3n) is 3.61. The fourth-order valence-electron chi connectivity index (χ4n) is 2.41. The van der Waals surface area contributed by atoms with Gasteiger partial charge >= 0.3 is 0 Å². The fraction of sp³-hybridized carbons (Fsp3) is 0.357. The Kier molecular flexibility index (Phi) is 4.49. The SMILES string of the molecule is O=C(Nc1ccc(Br)cc1F)c1cn(C2CCNCC2)nn1. The summed E-state index contributed by atoms with van der Waals surface area (Å²) in [5.74, 6) is -0.977. The molecule has 2 aromatic rings. The molecule has 0 radical (unpaired) electrons. The number of amides is 1. The number of benzene rings is 1. The second-order valence-corrected chi connectivity index (χ2v) is 6.06. The first-order chi connectivity index (χ1) is 10.6. The van der Waals surface area contributed by atoms with E-state index < -0.39 is 11.7 Å². The average Bonchev–Trinajstić information content (AvgIpc) is 3.01. The summed E-state index contributed by atoms with van der Waals surface area (Å²) in [6.07, 6.45) is 3.51. The molecule has 1 saturated heterocycles. The summed E-state index contributed by atoms with van der Waals surface area (Å²) in [5, 5.41) is 13.7. The maximum Gasteiger partial charge on any atom is 0.277 e.